The van der Waals surface area contributed by atoms with E-state index < -0.39 is 0 Å². The van der Waals surface area contributed by atoms with Gasteiger partial charge in [0, 0.05) is 31.5 Å². The van der Waals surface area contributed by atoms with Gasteiger partial charge in [0.1, 0.15) is 5.82 Å². The highest BCUT2D eigenvalue weighted by molar-refractivity contribution is 4.91. The average Bonchev–Trinajstić information content (AvgIpc) is 2.42. The van der Waals surface area contributed by atoms with Gasteiger partial charge in [0.25, 0.3) is 0 Å². The van der Waals surface area contributed by atoms with E-state index in [1.807, 2.05) is 18.5 Å². The highest BCUT2D eigenvalue weighted by Crippen LogP contribution is 2.21. The summed E-state index contributed by atoms with van der Waals surface area (Å²) in [6.07, 6.45) is 6.12. The zero-order chi connectivity index (χ0) is 12.8. The van der Waals surface area contributed by atoms with Gasteiger partial charge in [-0.05, 0) is 24.9 Å². The van der Waals surface area contributed by atoms with Crippen molar-refractivity contribution in [2.45, 2.75) is 39.3 Å². The minimum absolute atomic E-state index is 0.688. The van der Waals surface area contributed by atoms with Crippen LogP contribution in [0, 0.1) is 5.92 Å². The Hall–Kier alpha value is -1.00. The van der Waals surface area contributed by atoms with Crippen molar-refractivity contribution in [3.63, 3.8) is 0 Å². The Labute approximate surface area is 110 Å². The van der Waals surface area contributed by atoms with E-state index in [1.165, 1.54) is 12.8 Å². The van der Waals surface area contributed by atoms with Crippen LogP contribution in [0.5, 0.6) is 0 Å². The van der Waals surface area contributed by atoms with Gasteiger partial charge in [-0.25, -0.2) is 9.97 Å². The fourth-order valence-corrected chi connectivity index (χ4v) is 2.81. The summed E-state index contributed by atoms with van der Waals surface area (Å²) in [7, 11) is 0. The van der Waals surface area contributed by atoms with Gasteiger partial charge in [0.15, 0.2) is 0 Å². The van der Waals surface area contributed by atoms with Crippen LogP contribution in [0.3, 0.4) is 0 Å². The van der Waals surface area contributed by atoms with Gasteiger partial charge >= 0.3 is 0 Å². The molecule has 0 aromatic carbocycles. The SMILES string of the molecule is CCNC1CCN(Cc2ncccn2)CC1CC. The number of piperidine rings is 1. The molecule has 1 saturated heterocycles. The van der Waals surface area contributed by atoms with Gasteiger partial charge in [-0.3, -0.25) is 4.90 Å². The second-order valence-corrected chi connectivity index (χ2v) is 5.02. The lowest BCUT2D eigenvalue weighted by Gasteiger charge is -2.38. The Morgan fingerprint density at radius 1 is 1.33 bits per heavy atom. The lowest BCUT2D eigenvalue weighted by molar-refractivity contribution is 0.127. The largest absolute Gasteiger partial charge is 0.314 e. The number of hydrogen-bond donors (Lipinski definition) is 1. The molecular formula is C14H24N4. The van der Waals surface area contributed by atoms with Crippen LogP contribution in [-0.4, -0.2) is 40.5 Å². The summed E-state index contributed by atoms with van der Waals surface area (Å²) in [5, 5.41) is 3.61. The Balaban J connectivity index is 1.89. The molecule has 18 heavy (non-hydrogen) atoms. The summed E-state index contributed by atoms with van der Waals surface area (Å²) < 4.78 is 0. The molecule has 1 aliphatic rings. The van der Waals surface area contributed by atoms with Crippen molar-refractivity contribution in [1.82, 2.24) is 20.2 Å². The molecule has 0 saturated carbocycles. The van der Waals surface area contributed by atoms with Crippen LogP contribution in [0.4, 0.5) is 0 Å². The molecule has 2 rings (SSSR count). The quantitative estimate of drug-likeness (QED) is 0.861. The van der Waals surface area contributed by atoms with E-state index in [4.69, 9.17) is 0 Å². The van der Waals surface area contributed by atoms with Crippen LogP contribution in [-0.2, 0) is 6.54 Å². The maximum Gasteiger partial charge on any atom is 0.142 e. The molecule has 0 amide bonds. The van der Waals surface area contributed by atoms with Crippen LogP contribution in [0.25, 0.3) is 0 Å². The van der Waals surface area contributed by atoms with E-state index in [9.17, 15) is 0 Å². The molecule has 0 aliphatic carbocycles. The first-order valence-corrected chi connectivity index (χ1v) is 7.05. The molecular weight excluding hydrogens is 224 g/mol. The van der Waals surface area contributed by atoms with Crippen molar-refractivity contribution in [3.8, 4) is 0 Å². The summed E-state index contributed by atoms with van der Waals surface area (Å²) in [5.41, 5.74) is 0. The standard InChI is InChI=1S/C14H24N4/c1-3-12-10-18(9-6-13(12)15-4-2)11-14-16-7-5-8-17-14/h5,7-8,12-13,15H,3-4,6,9-11H2,1-2H3. The van der Waals surface area contributed by atoms with Gasteiger partial charge < -0.3 is 5.32 Å². The van der Waals surface area contributed by atoms with Crippen molar-refractivity contribution >= 4 is 0 Å². The highest BCUT2D eigenvalue weighted by Gasteiger charge is 2.27. The number of hydrogen-bond acceptors (Lipinski definition) is 4. The molecule has 2 atom stereocenters. The maximum absolute atomic E-state index is 4.31. The molecule has 100 valence electrons. The van der Waals surface area contributed by atoms with E-state index >= 15 is 0 Å². The van der Waals surface area contributed by atoms with Crippen LogP contribution in [0.1, 0.15) is 32.5 Å². The molecule has 0 bridgehead atoms. The number of nitrogens with zero attached hydrogens (tertiary/aromatic N) is 3. The Morgan fingerprint density at radius 2 is 2.11 bits per heavy atom. The second-order valence-electron chi connectivity index (χ2n) is 5.02. The number of aromatic nitrogens is 2. The first-order chi connectivity index (χ1) is 8.83. The summed E-state index contributed by atoms with van der Waals surface area (Å²) in [6, 6.07) is 2.56. The molecule has 4 heteroatoms. The van der Waals surface area contributed by atoms with E-state index in [1.54, 1.807) is 0 Å². The first kappa shape index (κ1) is 13.4. The van der Waals surface area contributed by atoms with Crippen molar-refractivity contribution in [3.05, 3.63) is 24.3 Å². The Bertz CT molecular complexity index is 341. The van der Waals surface area contributed by atoms with E-state index in [0.717, 1.165) is 37.9 Å². The lowest BCUT2D eigenvalue weighted by Crippen LogP contribution is -2.48. The number of nitrogens with one attached hydrogen (secondary N) is 1. The maximum atomic E-state index is 4.31. The van der Waals surface area contributed by atoms with Crippen molar-refractivity contribution in [1.29, 1.82) is 0 Å². The smallest absolute Gasteiger partial charge is 0.142 e. The summed E-state index contributed by atoms with van der Waals surface area (Å²) in [6.45, 7) is 8.74. The summed E-state index contributed by atoms with van der Waals surface area (Å²) in [4.78, 5) is 11.1. The van der Waals surface area contributed by atoms with E-state index in [0.29, 0.717) is 6.04 Å². The van der Waals surface area contributed by atoms with Gasteiger partial charge in [-0.2, -0.15) is 0 Å². The molecule has 2 unspecified atom stereocenters. The topological polar surface area (TPSA) is 41.0 Å². The number of rotatable bonds is 5. The predicted octanol–water partition coefficient (Wildman–Crippen LogP) is 1.69. The van der Waals surface area contributed by atoms with Crippen molar-refractivity contribution in [2.24, 2.45) is 5.92 Å². The van der Waals surface area contributed by atoms with Gasteiger partial charge in [0.2, 0.25) is 0 Å². The first-order valence-electron chi connectivity index (χ1n) is 7.05. The molecule has 1 aliphatic heterocycles. The molecule has 0 radical (unpaired) electrons. The fourth-order valence-electron chi connectivity index (χ4n) is 2.81. The van der Waals surface area contributed by atoms with Crippen LogP contribution in [0.15, 0.2) is 18.5 Å². The molecule has 1 aromatic heterocycles. The second kappa shape index (κ2) is 6.81. The van der Waals surface area contributed by atoms with Crippen molar-refractivity contribution < 1.29 is 0 Å². The van der Waals surface area contributed by atoms with E-state index in [2.05, 4.69) is 34.0 Å². The van der Waals surface area contributed by atoms with Gasteiger partial charge in [-0.1, -0.05) is 20.3 Å². The molecule has 1 fully saturated rings. The summed E-state index contributed by atoms with van der Waals surface area (Å²) in [5.74, 6) is 1.69. The third kappa shape index (κ3) is 3.50. The summed E-state index contributed by atoms with van der Waals surface area (Å²) >= 11 is 0. The Morgan fingerprint density at radius 3 is 2.78 bits per heavy atom. The lowest BCUT2D eigenvalue weighted by atomic mass is 9.90. The van der Waals surface area contributed by atoms with Gasteiger partial charge in [0.05, 0.1) is 6.54 Å². The predicted molar refractivity (Wildman–Crippen MR) is 73.2 cm³/mol. The fraction of sp³-hybridized carbons (Fsp3) is 0.714. The zero-order valence-electron chi connectivity index (χ0n) is 11.5. The normalized spacial score (nSPS) is 25.2. The van der Waals surface area contributed by atoms with Crippen molar-refractivity contribution in [2.75, 3.05) is 19.6 Å². The van der Waals surface area contributed by atoms with Gasteiger partial charge in [-0.15, -0.1) is 0 Å². The minimum Gasteiger partial charge on any atom is -0.314 e. The Kier molecular flexibility index (Phi) is 5.08. The molecule has 4 nitrogen and oxygen atoms in total. The molecule has 1 N–H and O–H groups in total. The van der Waals surface area contributed by atoms with E-state index in [-0.39, 0.29) is 0 Å². The molecule has 0 spiro atoms. The zero-order valence-corrected chi connectivity index (χ0v) is 11.5. The number of likely N-dealkylation sites (tertiary alicyclic amines) is 1. The minimum atomic E-state index is 0.688. The molecule has 1 aromatic rings. The third-order valence-electron chi connectivity index (χ3n) is 3.79. The van der Waals surface area contributed by atoms with Crippen LogP contribution in [0.2, 0.25) is 0 Å². The highest BCUT2D eigenvalue weighted by atomic mass is 15.2. The van der Waals surface area contributed by atoms with Crippen LogP contribution < -0.4 is 5.32 Å². The van der Waals surface area contributed by atoms with Crippen LogP contribution >= 0.6 is 0 Å². The molecule has 2 heterocycles. The average molecular weight is 248 g/mol. The monoisotopic (exact) mass is 248 g/mol. The third-order valence-corrected chi connectivity index (χ3v) is 3.79.